The minimum Gasteiger partial charge on any atom is -0.465 e. The van der Waals surface area contributed by atoms with Crippen molar-refractivity contribution in [1.82, 2.24) is 19.7 Å². The van der Waals surface area contributed by atoms with Gasteiger partial charge < -0.3 is 10.0 Å². The number of rotatable bonds is 6. The topological polar surface area (TPSA) is 129 Å². The SMILES string of the molecule is CC(C)(C)CN(Cc1cc(S(=O)(=O)c2cccc(C#N)c2)n(-c2cccnc2F)n1)C(=O)O. The number of aromatic nitrogens is 3. The Hall–Kier alpha value is -3.78. The summed E-state index contributed by atoms with van der Waals surface area (Å²) in [5, 5.41) is 22.6. The van der Waals surface area contributed by atoms with Gasteiger partial charge in [-0.1, -0.05) is 26.8 Å². The number of nitrogens with zero attached hydrogens (tertiary/aromatic N) is 5. The monoisotopic (exact) mass is 471 g/mol. The van der Waals surface area contributed by atoms with Gasteiger partial charge in [0.15, 0.2) is 5.03 Å². The Labute approximate surface area is 190 Å². The Bertz CT molecular complexity index is 1340. The number of halogens is 1. The van der Waals surface area contributed by atoms with E-state index in [4.69, 9.17) is 5.26 Å². The fourth-order valence-electron chi connectivity index (χ4n) is 3.20. The summed E-state index contributed by atoms with van der Waals surface area (Å²) in [4.78, 5) is 16.2. The third-order valence-electron chi connectivity index (χ3n) is 4.53. The molecule has 0 aliphatic carbocycles. The van der Waals surface area contributed by atoms with Crippen molar-refractivity contribution in [1.29, 1.82) is 5.26 Å². The lowest BCUT2D eigenvalue weighted by atomic mass is 9.96. The predicted octanol–water partition coefficient (Wildman–Crippen LogP) is 3.64. The second-order valence-corrected chi connectivity index (χ2v) is 10.4. The summed E-state index contributed by atoms with van der Waals surface area (Å²) >= 11 is 0. The van der Waals surface area contributed by atoms with E-state index < -0.39 is 21.9 Å². The van der Waals surface area contributed by atoms with E-state index in [1.54, 1.807) is 0 Å². The van der Waals surface area contributed by atoms with Crippen LogP contribution in [0.1, 0.15) is 32.0 Å². The summed E-state index contributed by atoms with van der Waals surface area (Å²) in [5.41, 5.74) is -0.322. The Morgan fingerprint density at radius 3 is 2.58 bits per heavy atom. The summed E-state index contributed by atoms with van der Waals surface area (Å²) in [6, 6.07) is 11.2. The van der Waals surface area contributed by atoms with Gasteiger partial charge >= 0.3 is 6.09 Å². The Morgan fingerprint density at radius 1 is 1.24 bits per heavy atom. The van der Waals surface area contributed by atoms with Crippen molar-refractivity contribution in [3.63, 3.8) is 0 Å². The molecule has 1 aromatic carbocycles. The number of carbonyl (C=O) groups is 1. The molecule has 0 saturated heterocycles. The van der Waals surface area contributed by atoms with E-state index in [2.05, 4.69) is 10.1 Å². The molecule has 9 nitrogen and oxygen atoms in total. The van der Waals surface area contributed by atoms with Gasteiger partial charge in [-0.3, -0.25) is 0 Å². The molecule has 33 heavy (non-hydrogen) atoms. The second-order valence-electron chi connectivity index (χ2n) is 8.54. The smallest absolute Gasteiger partial charge is 0.407 e. The zero-order valence-electron chi connectivity index (χ0n) is 18.2. The average Bonchev–Trinajstić information content (AvgIpc) is 3.17. The lowest BCUT2D eigenvalue weighted by Crippen LogP contribution is -2.36. The first-order chi connectivity index (χ1) is 15.4. The summed E-state index contributed by atoms with van der Waals surface area (Å²) in [6.07, 6.45) is 0.0155. The van der Waals surface area contributed by atoms with Crippen molar-refractivity contribution in [3.8, 4) is 11.8 Å². The number of sulfone groups is 1. The average molecular weight is 472 g/mol. The first kappa shape index (κ1) is 23.9. The molecule has 0 unspecified atom stereocenters. The lowest BCUT2D eigenvalue weighted by molar-refractivity contribution is 0.122. The van der Waals surface area contributed by atoms with Gasteiger partial charge in [0, 0.05) is 18.8 Å². The highest BCUT2D eigenvalue weighted by Crippen LogP contribution is 2.27. The number of pyridine rings is 1. The number of hydrogen-bond donors (Lipinski definition) is 1. The molecule has 0 saturated carbocycles. The van der Waals surface area contributed by atoms with Gasteiger partial charge in [-0.25, -0.2) is 22.9 Å². The number of amides is 1. The quantitative estimate of drug-likeness (QED) is 0.543. The predicted molar refractivity (Wildman–Crippen MR) is 116 cm³/mol. The zero-order chi connectivity index (χ0) is 24.4. The third kappa shape index (κ3) is 5.35. The maximum atomic E-state index is 14.5. The highest BCUT2D eigenvalue weighted by Gasteiger charge is 2.28. The van der Waals surface area contributed by atoms with Crippen LogP contribution in [0, 0.1) is 22.7 Å². The van der Waals surface area contributed by atoms with Crippen molar-refractivity contribution in [2.24, 2.45) is 5.41 Å². The van der Waals surface area contributed by atoms with Crippen molar-refractivity contribution in [2.45, 2.75) is 37.2 Å². The molecular weight excluding hydrogens is 449 g/mol. The summed E-state index contributed by atoms with van der Waals surface area (Å²) in [5.74, 6) is -0.945. The Balaban J connectivity index is 2.16. The fourth-order valence-corrected chi connectivity index (χ4v) is 4.64. The van der Waals surface area contributed by atoms with Crippen LogP contribution in [0.4, 0.5) is 9.18 Å². The highest BCUT2D eigenvalue weighted by molar-refractivity contribution is 7.91. The normalized spacial score (nSPS) is 11.7. The van der Waals surface area contributed by atoms with Gasteiger partial charge in [-0.2, -0.15) is 14.8 Å². The standard InChI is InChI=1S/C22H22FN5O4S/c1-22(2,3)14-27(21(29)30)13-16-11-19(28(26-16)18-8-5-9-25-20(18)23)33(31,32)17-7-4-6-15(10-17)12-24/h4-11H,13-14H2,1-3H3,(H,29,30). The van der Waals surface area contributed by atoms with Crippen molar-refractivity contribution in [2.75, 3.05) is 6.54 Å². The molecule has 2 heterocycles. The van der Waals surface area contributed by atoms with E-state index in [-0.39, 0.29) is 45.4 Å². The van der Waals surface area contributed by atoms with E-state index in [1.165, 1.54) is 48.7 Å². The van der Waals surface area contributed by atoms with E-state index >= 15 is 0 Å². The molecule has 11 heteroatoms. The van der Waals surface area contributed by atoms with Crippen LogP contribution >= 0.6 is 0 Å². The fraction of sp³-hybridized carbons (Fsp3) is 0.273. The molecule has 0 bridgehead atoms. The van der Waals surface area contributed by atoms with Gasteiger partial charge in [0.05, 0.1) is 28.8 Å². The number of nitriles is 1. The van der Waals surface area contributed by atoms with Crippen molar-refractivity contribution in [3.05, 3.63) is 65.9 Å². The molecule has 1 N–H and O–H groups in total. The molecule has 0 aliphatic rings. The largest absolute Gasteiger partial charge is 0.465 e. The Kier molecular flexibility index (Phi) is 6.51. The van der Waals surface area contributed by atoms with E-state index in [0.29, 0.717) is 0 Å². The third-order valence-corrected chi connectivity index (χ3v) is 6.25. The molecule has 0 radical (unpaired) electrons. The molecule has 2 aromatic heterocycles. The first-order valence-electron chi connectivity index (χ1n) is 9.85. The van der Waals surface area contributed by atoms with Crippen LogP contribution in [-0.4, -0.2) is 45.8 Å². The van der Waals surface area contributed by atoms with Crippen molar-refractivity contribution < 1.29 is 22.7 Å². The van der Waals surface area contributed by atoms with Crippen molar-refractivity contribution >= 4 is 15.9 Å². The molecule has 3 rings (SSSR count). The van der Waals surface area contributed by atoms with Gasteiger partial charge in [0.2, 0.25) is 15.8 Å². The van der Waals surface area contributed by atoms with E-state index in [1.807, 2.05) is 26.8 Å². The number of benzene rings is 1. The van der Waals surface area contributed by atoms with Gasteiger partial charge in [-0.05, 0) is 35.7 Å². The lowest BCUT2D eigenvalue weighted by Gasteiger charge is -2.27. The summed E-state index contributed by atoms with van der Waals surface area (Å²) in [6.45, 7) is 5.56. The number of carboxylic acid groups (broad SMARTS) is 1. The summed E-state index contributed by atoms with van der Waals surface area (Å²) in [7, 11) is -4.25. The summed E-state index contributed by atoms with van der Waals surface area (Å²) < 4.78 is 42.2. The molecule has 0 atom stereocenters. The molecular formula is C22H22FN5O4S. The van der Waals surface area contributed by atoms with Gasteiger partial charge in [-0.15, -0.1) is 0 Å². The van der Waals surface area contributed by atoms with Gasteiger partial charge in [0.1, 0.15) is 5.69 Å². The first-order valence-corrected chi connectivity index (χ1v) is 11.3. The van der Waals surface area contributed by atoms with Crippen LogP contribution in [0.15, 0.2) is 58.6 Å². The van der Waals surface area contributed by atoms with Crippen LogP contribution in [0.25, 0.3) is 5.69 Å². The van der Waals surface area contributed by atoms with Crippen LogP contribution in [0.2, 0.25) is 0 Å². The molecule has 1 amide bonds. The molecule has 0 aliphatic heterocycles. The van der Waals surface area contributed by atoms with Gasteiger partial charge in [0.25, 0.3) is 0 Å². The minimum absolute atomic E-state index is 0.111. The van der Waals surface area contributed by atoms with Crippen LogP contribution in [0.5, 0.6) is 0 Å². The number of hydrogen-bond acceptors (Lipinski definition) is 6. The highest BCUT2D eigenvalue weighted by atomic mass is 32.2. The molecule has 0 spiro atoms. The molecule has 3 aromatic rings. The van der Waals surface area contributed by atoms with Crippen LogP contribution in [0.3, 0.4) is 0 Å². The minimum atomic E-state index is -4.25. The van der Waals surface area contributed by atoms with Crippen LogP contribution in [-0.2, 0) is 16.4 Å². The molecule has 0 fully saturated rings. The Morgan fingerprint density at radius 2 is 1.97 bits per heavy atom. The maximum absolute atomic E-state index is 14.5. The van der Waals surface area contributed by atoms with E-state index in [0.717, 1.165) is 9.58 Å². The zero-order valence-corrected chi connectivity index (χ0v) is 19.0. The van der Waals surface area contributed by atoms with E-state index in [9.17, 15) is 22.7 Å². The molecule has 172 valence electrons. The second kappa shape index (κ2) is 8.99. The van der Waals surface area contributed by atoms with Crippen LogP contribution < -0.4 is 0 Å². The maximum Gasteiger partial charge on any atom is 0.407 e.